The van der Waals surface area contributed by atoms with Crippen LogP contribution in [0.3, 0.4) is 0 Å². The summed E-state index contributed by atoms with van der Waals surface area (Å²) in [6.07, 6.45) is 0. The second-order valence-electron chi connectivity index (χ2n) is 4.42. The number of nitrogens with one attached hydrogen (secondary N) is 1. The molecule has 0 fully saturated rings. The third-order valence-corrected chi connectivity index (χ3v) is 3.95. The van der Waals surface area contributed by atoms with Crippen molar-refractivity contribution in [2.24, 2.45) is 0 Å². The summed E-state index contributed by atoms with van der Waals surface area (Å²) in [4.78, 5) is 0. The van der Waals surface area contributed by atoms with E-state index in [1.807, 2.05) is 11.8 Å². The largest absolute Gasteiger partial charge is 0.496 e. The van der Waals surface area contributed by atoms with Gasteiger partial charge in [0.15, 0.2) is 0 Å². The third-order valence-electron chi connectivity index (χ3n) is 2.93. The lowest BCUT2D eigenvalue weighted by Gasteiger charge is -2.21. The minimum Gasteiger partial charge on any atom is -0.496 e. The first-order valence-corrected chi connectivity index (χ1v) is 7.83. The van der Waals surface area contributed by atoms with E-state index < -0.39 is 0 Å². The van der Waals surface area contributed by atoms with Crippen LogP contribution in [0.25, 0.3) is 0 Å². The van der Waals surface area contributed by atoms with Crippen LogP contribution in [0.2, 0.25) is 0 Å². The Morgan fingerprint density at radius 1 is 1.32 bits per heavy atom. The fourth-order valence-electron chi connectivity index (χ4n) is 1.97. The maximum atomic E-state index is 5.48. The van der Waals surface area contributed by atoms with Crippen LogP contribution in [-0.4, -0.2) is 38.9 Å². The highest BCUT2D eigenvalue weighted by molar-refractivity contribution is 7.99. The first-order valence-electron chi connectivity index (χ1n) is 6.67. The minimum absolute atomic E-state index is 0.321. The SMILES string of the molecule is CCNC(CSCCOC)c1cc(C)ccc1OC. The Bertz CT molecular complexity index is 371. The Hall–Kier alpha value is -0.710. The molecule has 19 heavy (non-hydrogen) atoms. The summed E-state index contributed by atoms with van der Waals surface area (Å²) in [5.74, 6) is 3.01. The molecule has 1 N–H and O–H groups in total. The average Bonchev–Trinajstić information content (AvgIpc) is 2.42. The zero-order chi connectivity index (χ0) is 14.1. The monoisotopic (exact) mass is 283 g/mol. The molecule has 0 spiro atoms. The molecular formula is C15H25NO2S. The maximum absolute atomic E-state index is 5.48. The third kappa shape index (κ3) is 5.43. The molecule has 1 aromatic rings. The number of aryl methyl sites for hydroxylation is 1. The summed E-state index contributed by atoms with van der Waals surface area (Å²) in [5.41, 5.74) is 2.51. The maximum Gasteiger partial charge on any atom is 0.123 e. The molecule has 0 aliphatic heterocycles. The normalized spacial score (nSPS) is 12.4. The minimum atomic E-state index is 0.321. The number of benzene rings is 1. The van der Waals surface area contributed by atoms with E-state index in [9.17, 15) is 0 Å². The molecule has 0 aromatic heterocycles. The van der Waals surface area contributed by atoms with E-state index in [2.05, 4.69) is 37.4 Å². The molecule has 1 unspecified atom stereocenters. The summed E-state index contributed by atoms with van der Waals surface area (Å²) >= 11 is 1.90. The molecule has 4 heteroatoms. The fraction of sp³-hybridized carbons (Fsp3) is 0.600. The molecule has 0 radical (unpaired) electrons. The summed E-state index contributed by atoms with van der Waals surface area (Å²) in [6.45, 7) is 6.00. The highest BCUT2D eigenvalue weighted by atomic mass is 32.2. The van der Waals surface area contributed by atoms with Crippen LogP contribution in [0.15, 0.2) is 18.2 Å². The lowest BCUT2D eigenvalue weighted by Crippen LogP contribution is -2.24. The van der Waals surface area contributed by atoms with Gasteiger partial charge in [0.05, 0.1) is 13.7 Å². The van der Waals surface area contributed by atoms with E-state index >= 15 is 0 Å². The van der Waals surface area contributed by atoms with E-state index in [-0.39, 0.29) is 0 Å². The number of hydrogen-bond acceptors (Lipinski definition) is 4. The Labute approximate surface area is 121 Å². The van der Waals surface area contributed by atoms with E-state index in [1.165, 1.54) is 11.1 Å². The number of hydrogen-bond donors (Lipinski definition) is 1. The van der Waals surface area contributed by atoms with Gasteiger partial charge in [0.2, 0.25) is 0 Å². The van der Waals surface area contributed by atoms with Crippen molar-refractivity contribution in [1.82, 2.24) is 5.32 Å². The van der Waals surface area contributed by atoms with Gasteiger partial charge in [0.25, 0.3) is 0 Å². The molecule has 0 bridgehead atoms. The van der Waals surface area contributed by atoms with Gasteiger partial charge in [0.1, 0.15) is 5.75 Å². The predicted octanol–water partition coefficient (Wildman–Crippen LogP) is 3.03. The van der Waals surface area contributed by atoms with Gasteiger partial charge in [0, 0.05) is 30.2 Å². The van der Waals surface area contributed by atoms with E-state index in [0.29, 0.717) is 6.04 Å². The summed E-state index contributed by atoms with van der Waals surface area (Å²) in [5, 5.41) is 3.54. The van der Waals surface area contributed by atoms with Gasteiger partial charge in [-0.05, 0) is 19.5 Å². The lowest BCUT2D eigenvalue weighted by molar-refractivity contribution is 0.218. The van der Waals surface area contributed by atoms with Gasteiger partial charge >= 0.3 is 0 Å². The second-order valence-corrected chi connectivity index (χ2v) is 5.57. The molecule has 0 aliphatic rings. The van der Waals surface area contributed by atoms with Crippen molar-refractivity contribution in [3.8, 4) is 5.75 Å². The van der Waals surface area contributed by atoms with Gasteiger partial charge in [-0.15, -0.1) is 0 Å². The van der Waals surface area contributed by atoms with E-state index in [0.717, 1.165) is 30.4 Å². The average molecular weight is 283 g/mol. The molecule has 0 aliphatic carbocycles. The Balaban J connectivity index is 2.76. The Morgan fingerprint density at radius 3 is 2.74 bits per heavy atom. The fourth-order valence-corrected chi connectivity index (χ4v) is 2.96. The Morgan fingerprint density at radius 2 is 2.11 bits per heavy atom. The highest BCUT2D eigenvalue weighted by Crippen LogP contribution is 2.28. The van der Waals surface area contributed by atoms with Gasteiger partial charge in [-0.1, -0.05) is 24.6 Å². The Kier molecular flexibility index (Phi) is 7.94. The van der Waals surface area contributed by atoms with Crippen molar-refractivity contribution in [3.63, 3.8) is 0 Å². The smallest absolute Gasteiger partial charge is 0.123 e. The van der Waals surface area contributed by atoms with Crippen LogP contribution in [0.4, 0.5) is 0 Å². The highest BCUT2D eigenvalue weighted by Gasteiger charge is 2.15. The van der Waals surface area contributed by atoms with E-state index in [4.69, 9.17) is 9.47 Å². The van der Waals surface area contributed by atoms with Gasteiger partial charge in [-0.3, -0.25) is 0 Å². The van der Waals surface area contributed by atoms with Gasteiger partial charge < -0.3 is 14.8 Å². The zero-order valence-corrected chi connectivity index (χ0v) is 13.2. The summed E-state index contributed by atoms with van der Waals surface area (Å²) in [7, 11) is 3.47. The first-order chi connectivity index (χ1) is 9.22. The molecule has 1 aromatic carbocycles. The summed E-state index contributed by atoms with van der Waals surface area (Å²) in [6, 6.07) is 6.67. The van der Waals surface area contributed by atoms with Crippen LogP contribution in [0, 0.1) is 6.92 Å². The van der Waals surface area contributed by atoms with Crippen LogP contribution in [-0.2, 0) is 4.74 Å². The first kappa shape index (κ1) is 16.3. The molecule has 0 saturated heterocycles. The number of thioether (sulfide) groups is 1. The van der Waals surface area contributed by atoms with Gasteiger partial charge in [-0.2, -0.15) is 11.8 Å². The van der Waals surface area contributed by atoms with Crippen molar-refractivity contribution in [2.45, 2.75) is 19.9 Å². The van der Waals surface area contributed by atoms with Crippen molar-refractivity contribution >= 4 is 11.8 Å². The van der Waals surface area contributed by atoms with Crippen LogP contribution >= 0.6 is 11.8 Å². The molecule has 0 saturated carbocycles. The van der Waals surface area contributed by atoms with Crippen LogP contribution in [0.1, 0.15) is 24.1 Å². The van der Waals surface area contributed by atoms with Crippen LogP contribution in [0.5, 0.6) is 5.75 Å². The molecular weight excluding hydrogens is 258 g/mol. The topological polar surface area (TPSA) is 30.5 Å². The second kappa shape index (κ2) is 9.23. The number of rotatable bonds is 9. The molecule has 1 rings (SSSR count). The van der Waals surface area contributed by atoms with Crippen molar-refractivity contribution < 1.29 is 9.47 Å². The molecule has 0 heterocycles. The van der Waals surface area contributed by atoms with E-state index in [1.54, 1.807) is 14.2 Å². The van der Waals surface area contributed by atoms with Crippen molar-refractivity contribution in [1.29, 1.82) is 0 Å². The number of methoxy groups -OCH3 is 2. The van der Waals surface area contributed by atoms with Crippen molar-refractivity contribution in [3.05, 3.63) is 29.3 Å². The zero-order valence-electron chi connectivity index (χ0n) is 12.4. The van der Waals surface area contributed by atoms with Gasteiger partial charge in [-0.25, -0.2) is 0 Å². The molecule has 3 nitrogen and oxygen atoms in total. The van der Waals surface area contributed by atoms with Crippen molar-refractivity contribution in [2.75, 3.05) is 38.9 Å². The summed E-state index contributed by atoms with van der Waals surface area (Å²) < 4.78 is 10.6. The molecule has 108 valence electrons. The lowest BCUT2D eigenvalue weighted by atomic mass is 10.0. The standard InChI is InChI=1S/C15H25NO2S/c1-5-16-14(11-19-9-8-17-3)13-10-12(2)6-7-15(13)18-4/h6-7,10,14,16H,5,8-9,11H2,1-4H3. The van der Waals surface area contributed by atoms with Crippen LogP contribution < -0.4 is 10.1 Å². The predicted molar refractivity (Wildman–Crippen MR) is 83.3 cm³/mol. The quantitative estimate of drug-likeness (QED) is 0.706. The number of ether oxygens (including phenoxy) is 2. The molecule has 0 amide bonds. The molecule has 1 atom stereocenters.